The van der Waals surface area contributed by atoms with Crippen molar-refractivity contribution in [3.63, 3.8) is 0 Å². The fourth-order valence-corrected chi connectivity index (χ4v) is 3.28. The van der Waals surface area contributed by atoms with Crippen LogP contribution in [0.3, 0.4) is 0 Å². The fraction of sp³-hybridized carbons (Fsp3) is 0. The molecule has 28 heavy (non-hydrogen) atoms. The van der Waals surface area contributed by atoms with Gasteiger partial charge in [0.25, 0.3) is 0 Å². The second-order valence-electron chi connectivity index (χ2n) is 6.39. The summed E-state index contributed by atoms with van der Waals surface area (Å²) in [7, 11) is 0. The second kappa shape index (κ2) is 6.53. The third-order valence-corrected chi connectivity index (χ3v) is 4.63. The van der Waals surface area contributed by atoms with Crippen LogP contribution in [0.15, 0.2) is 85.5 Å². The molecule has 3 aromatic heterocycles. The van der Waals surface area contributed by atoms with E-state index in [1.54, 1.807) is 24.4 Å². The van der Waals surface area contributed by atoms with Gasteiger partial charge in [-0.25, -0.2) is 4.98 Å². The summed E-state index contributed by atoms with van der Waals surface area (Å²) in [4.78, 5) is 8.76. The minimum atomic E-state index is 0.553. The maximum absolute atomic E-state index is 9.10. The molecule has 0 amide bonds. The average molecular weight is 362 g/mol. The van der Waals surface area contributed by atoms with E-state index in [-0.39, 0.29) is 0 Å². The number of aromatic nitrogens is 3. The zero-order valence-corrected chi connectivity index (χ0v) is 14.8. The van der Waals surface area contributed by atoms with E-state index in [4.69, 9.17) is 10.00 Å². The van der Waals surface area contributed by atoms with Crippen molar-refractivity contribution in [3.8, 4) is 28.8 Å². The molecule has 0 aliphatic rings. The molecule has 5 heteroatoms. The molecule has 0 N–H and O–H groups in total. The van der Waals surface area contributed by atoms with Crippen molar-refractivity contribution in [2.45, 2.75) is 0 Å². The zero-order valence-electron chi connectivity index (χ0n) is 14.8. The van der Waals surface area contributed by atoms with Gasteiger partial charge in [0.15, 0.2) is 5.75 Å². The monoisotopic (exact) mass is 362 g/mol. The van der Waals surface area contributed by atoms with Gasteiger partial charge in [0.1, 0.15) is 11.4 Å². The van der Waals surface area contributed by atoms with Crippen molar-refractivity contribution in [1.82, 2.24) is 14.4 Å². The summed E-state index contributed by atoms with van der Waals surface area (Å²) >= 11 is 0. The van der Waals surface area contributed by atoms with E-state index < -0.39 is 0 Å². The van der Waals surface area contributed by atoms with Gasteiger partial charge in [0, 0.05) is 28.7 Å². The second-order valence-corrected chi connectivity index (χ2v) is 6.39. The van der Waals surface area contributed by atoms with Gasteiger partial charge < -0.3 is 4.74 Å². The Bertz CT molecular complexity index is 1360. The molecule has 0 atom stereocenters. The largest absolute Gasteiger partial charge is 0.455 e. The molecule has 132 valence electrons. The van der Waals surface area contributed by atoms with Crippen LogP contribution in [0.5, 0.6) is 11.5 Å². The van der Waals surface area contributed by atoms with E-state index in [1.807, 2.05) is 48.9 Å². The minimum absolute atomic E-state index is 0.553. The summed E-state index contributed by atoms with van der Waals surface area (Å²) in [6, 6.07) is 21.3. The summed E-state index contributed by atoms with van der Waals surface area (Å²) in [5.41, 5.74) is 3.49. The zero-order chi connectivity index (χ0) is 18.9. The molecule has 0 aliphatic heterocycles. The number of fused-ring (bicyclic) bond motifs is 2. The predicted molar refractivity (Wildman–Crippen MR) is 107 cm³/mol. The molecule has 0 unspecified atom stereocenters. The van der Waals surface area contributed by atoms with Gasteiger partial charge in [0.05, 0.1) is 29.7 Å². The van der Waals surface area contributed by atoms with E-state index in [0.717, 1.165) is 27.7 Å². The van der Waals surface area contributed by atoms with Crippen molar-refractivity contribution >= 4 is 16.4 Å². The van der Waals surface area contributed by atoms with E-state index in [0.29, 0.717) is 17.1 Å². The van der Waals surface area contributed by atoms with Crippen LogP contribution < -0.4 is 4.74 Å². The van der Waals surface area contributed by atoms with Crippen molar-refractivity contribution in [1.29, 1.82) is 5.26 Å². The first kappa shape index (κ1) is 16.0. The normalized spacial score (nSPS) is 10.8. The fourth-order valence-electron chi connectivity index (χ4n) is 3.28. The summed E-state index contributed by atoms with van der Waals surface area (Å²) < 4.78 is 8.11. The number of ether oxygens (including phenoxy) is 1. The Balaban J connectivity index is 1.63. The van der Waals surface area contributed by atoms with E-state index >= 15 is 0 Å². The third kappa shape index (κ3) is 2.74. The standard InChI is InChI=1S/C23H14N4O/c24-12-16-4-3-5-19(10-16)28-22-15-25-13-18-8-7-17(11-20(18)22)21-14-26-23-6-1-2-9-27(21)23/h1-11,13-15H. The topological polar surface area (TPSA) is 63.2 Å². The molecular weight excluding hydrogens is 348 g/mol. The number of benzene rings is 2. The number of pyridine rings is 2. The Labute approximate surface area is 161 Å². The molecule has 0 aliphatic carbocycles. The molecule has 2 aromatic carbocycles. The highest BCUT2D eigenvalue weighted by Crippen LogP contribution is 2.32. The van der Waals surface area contributed by atoms with Gasteiger partial charge in [0.2, 0.25) is 0 Å². The van der Waals surface area contributed by atoms with Gasteiger partial charge in [-0.1, -0.05) is 24.3 Å². The maximum atomic E-state index is 9.10. The molecule has 0 radical (unpaired) electrons. The average Bonchev–Trinajstić information content (AvgIpc) is 3.18. The molecule has 5 aromatic rings. The van der Waals surface area contributed by atoms with Gasteiger partial charge in [-0.3, -0.25) is 9.38 Å². The number of rotatable bonds is 3. The highest BCUT2D eigenvalue weighted by Gasteiger charge is 2.10. The van der Waals surface area contributed by atoms with Gasteiger partial charge in [-0.15, -0.1) is 0 Å². The Morgan fingerprint density at radius 3 is 2.82 bits per heavy atom. The summed E-state index contributed by atoms with van der Waals surface area (Å²) in [6.45, 7) is 0. The molecule has 0 saturated heterocycles. The van der Waals surface area contributed by atoms with Crippen LogP contribution in [0.4, 0.5) is 0 Å². The Kier molecular flexibility index (Phi) is 3.74. The number of hydrogen-bond acceptors (Lipinski definition) is 4. The summed E-state index contributed by atoms with van der Waals surface area (Å²) in [5.74, 6) is 1.25. The first-order chi connectivity index (χ1) is 13.8. The Hall–Kier alpha value is -4.17. The molecular formula is C23H14N4O. The van der Waals surface area contributed by atoms with Crippen molar-refractivity contribution in [2.75, 3.05) is 0 Å². The van der Waals surface area contributed by atoms with Crippen LogP contribution >= 0.6 is 0 Å². The lowest BCUT2D eigenvalue weighted by molar-refractivity contribution is 0.486. The SMILES string of the molecule is N#Cc1cccc(Oc2cncc3ccc(-c4cnc5ccccn45)cc23)c1. The molecule has 0 saturated carbocycles. The van der Waals surface area contributed by atoms with Crippen molar-refractivity contribution < 1.29 is 4.74 Å². The smallest absolute Gasteiger partial charge is 0.153 e. The Morgan fingerprint density at radius 2 is 1.89 bits per heavy atom. The molecule has 5 rings (SSSR count). The van der Waals surface area contributed by atoms with Crippen LogP contribution in [-0.2, 0) is 0 Å². The van der Waals surface area contributed by atoms with Crippen LogP contribution in [0.25, 0.3) is 27.7 Å². The predicted octanol–water partition coefficient (Wildman–Crippen LogP) is 5.21. The van der Waals surface area contributed by atoms with Crippen LogP contribution in [-0.4, -0.2) is 14.4 Å². The number of nitrogens with zero attached hydrogens (tertiary/aromatic N) is 4. The van der Waals surface area contributed by atoms with Gasteiger partial charge in [-0.05, 0) is 36.4 Å². The quantitative estimate of drug-likeness (QED) is 0.442. The molecule has 3 heterocycles. The van der Waals surface area contributed by atoms with Crippen molar-refractivity contribution in [2.24, 2.45) is 0 Å². The summed E-state index contributed by atoms with van der Waals surface area (Å²) in [5, 5.41) is 11.0. The highest BCUT2D eigenvalue weighted by atomic mass is 16.5. The minimum Gasteiger partial charge on any atom is -0.455 e. The highest BCUT2D eigenvalue weighted by molar-refractivity contribution is 5.91. The third-order valence-electron chi connectivity index (χ3n) is 4.63. The maximum Gasteiger partial charge on any atom is 0.153 e. The lowest BCUT2D eigenvalue weighted by Crippen LogP contribution is -1.90. The number of hydrogen-bond donors (Lipinski definition) is 0. The summed E-state index contributed by atoms with van der Waals surface area (Å²) in [6.07, 6.45) is 7.37. The first-order valence-corrected chi connectivity index (χ1v) is 8.80. The van der Waals surface area contributed by atoms with Crippen LogP contribution in [0.1, 0.15) is 5.56 Å². The molecule has 0 spiro atoms. The van der Waals surface area contributed by atoms with Gasteiger partial charge >= 0.3 is 0 Å². The lowest BCUT2D eigenvalue weighted by atomic mass is 10.1. The molecule has 0 bridgehead atoms. The first-order valence-electron chi connectivity index (χ1n) is 8.80. The Morgan fingerprint density at radius 1 is 0.929 bits per heavy atom. The van der Waals surface area contributed by atoms with E-state index in [2.05, 4.69) is 32.6 Å². The number of imidazole rings is 1. The van der Waals surface area contributed by atoms with Crippen LogP contribution in [0.2, 0.25) is 0 Å². The number of nitriles is 1. The van der Waals surface area contributed by atoms with Gasteiger partial charge in [-0.2, -0.15) is 5.26 Å². The van der Waals surface area contributed by atoms with Crippen LogP contribution in [0, 0.1) is 11.3 Å². The van der Waals surface area contributed by atoms with Crippen molar-refractivity contribution in [3.05, 3.63) is 91.0 Å². The van der Waals surface area contributed by atoms with E-state index in [1.165, 1.54) is 0 Å². The molecule has 0 fully saturated rings. The van der Waals surface area contributed by atoms with E-state index in [9.17, 15) is 0 Å². The lowest BCUT2D eigenvalue weighted by Gasteiger charge is -2.10. The molecule has 5 nitrogen and oxygen atoms in total.